The van der Waals surface area contributed by atoms with Crippen LogP contribution in [0.1, 0.15) is 38.3 Å². The Labute approximate surface area is 121 Å². The molecule has 0 saturated carbocycles. The summed E-state index contributed by atoms with van der Waals surface area (Å²) in [5, 5.41) is 2.83. The normalized spacial score (nSPS) is 10.4. The van der Waals surface area contributed by atoms with Crippen molar-refractivity contribution in [1.29, 1.82) is 0 Å². The summed E-state index contributed by atoms with van der Waals surface area (Å²) in [5.41, 5.74) is 2.26. The maximum absolute atomic E-state index is 11.7. The third kappa shape index (κ3) is 5.87. The van der Waals surface area contributed by atoms with Crippen molar-refractivity contribution in [2.75, 3.05) is 6.54 Å². The number of hydrogen-bond acceptors (Lipinski definition) is 2. The standard InChI is InChI=1S/C16H24N2O2/c1-12(2)17-16(20)8-9-18(14(4)19)11-15-7-5-6-13(3)10-15/h5-7,10,12H,8-9,11H2,1-4H3,(H,17,20). The van der Waals surface area contributed by atoms with Gasteiger partial charge < -0.3 is 10.2 Å². The molecular formula is C16H24N2O2. The van der Waals surface area contributed by atoms with Gasteiger partial charge in [0.15, 0.2) is 0 Å². The molecule has 4 heteroatoms. The van der Waals surface area contributed by atoms with Crippen LogP contribution in [0.2, 0.25) is 0 Å². The van der Waals surface area contributed by atoms with Crippen LogP contribution in [0.15, 0.2) is 24.3 Å². The molecule has 4 nitrogen and oxygen atoms in total. The lowest BCUT2D eigenvalue weighted by Crippen LogP contribution is -2.35. The van der Waals surface area contributed by atoms with Gasteiger partial charge in [0, 0.05) is 32.5 Å². The zero-order valence-electron chi connectivity index (χ0n) is 12.8. The molecule has 20 heavy (non-hydrogen) atoms. The van der Waals surface area contributed by atoms with Crippen molar-refractivity contribution in [3.63, 3.8) is 0 Å². The van der Waals surface area contributed by atoms with Crippen LogP contribution in [0.4, 0.5) is 0 Å². The number of aryl methyl sites for hydroxylation is 1. The van der Waals surface area contributed by atoms with Gasteiger partial charge in [-0.15, -0.1) is 0 Å². The summed E-state index contributed by atoms with van der Waals surface area (Å²) in [6.07, 6.45) is 0.337. The third-order valence-corrected chi connectivity index (χ3v) is 2.96. The van der Waals surface area contributed by atoms with Gasteiger partial charge >= 0.3 is 0 Å². The molecule has 1 aromatic rings. The smallest absolute Gasteiger partial charge is 0.221 e. The van der Waals surface area contributed by atoms with E-state index in [1.807, 2.05) is 39.0 Å². The van der Waals surface area contributed by atoms with E-state index < -0.39 is 0 Å². The van der Waals surface area contributed by atoms with E-state index in [-0.39, 0.29) is 17.9 Å². The van der Waals surface area contributed by atoms with Crippen LogP contribution < -0.4 is 5.32 Å². The summed E-state index contributed by atoms with van der Waals surface area (Å²) < 4.78 is 0. The first-order valence-electron chi connectivity index (χ1n) is 6.99. The predicted molar refractivity (Wildman–Crippen MR) is 80.2 cm³/mol. The summed E-state index contributed by atoms with van der Waals surface area (Å²) >= 11 is 0. The molecule has 1 N–H and O–H groups in total. The fraction of sp³-hybridized carbons (Fsp3) is 0.500. The Morgan fingerprint density at radius 1 is 1.30 bits per heavy atom. The Morgan fingerprint density at radius 3 is 2.55 bits per heavy atom. The average Bonchev–Trinajstić information content (AvgIpc) is 2.33. The van der Waals surface area contributed by atoms with Gasteiger partial charge in [0.05, 0.1) is 0 Å². The number of nitrogens with one attached hydrogen (secondary N) is 1. The van der Waals surface area contributed by atoms with Crippen LogP contribution >= 0.6 is 0 Å². The van der Waals surface area contributed by atoms with Gasteiger partial charge in [-0.25, -0.2) is 0 Å². The molecule has 0 unspecified atom stereocenters. The molecule has 0 bridgehead atoms. The number of hydrogen-bond donors (Lipinski definition) is 1. The molecule has 0 fully saturated rings. The van der Waals surface area contributed by atoms with Crippen molar-refractivity contribution in [2.45, 2.75) is 46.7 Å². The maximum atomic E-state index is 11.7. The quantitative estimate of drug-likeness (QED) is 0.866. The van der Waals surface area contributed by atoms with Gasteiger partial charge in [0.2, 0.25) is 11.8 Å². The van der Waals surface area contributed by atoms with E-state index in [9.17, 15) is 9.59 Å². The molecule has 0 heterocycles. The number of carbonyl (C=O) groups excluding carboxylic acids is 2. The SMILES string of the molecule is CC(=O)N(CCC(=O)NC(C)C)Cc1cccc(C)c1. The van der Waals surface area contributed by atoms with Crippen LogP contribution in [0.3, 0.4) is 0 Å². The van der Waals surface area contributed by atoms with Gasteiger partial charge in [-0.05, 0) is 26.3 Å². The van der Waals surface area contributed by atoms with Crippen molar-refractivity contribution >= 4 is 11.8 Å². The molecule has 0 saturated heterocycles. The summed E-state index contributed by atoms with van der Waals surface area (Å²) in [6, 6.07) is 8.19. The first-order valence-corrected chi connectivity index (χ1v) is 6.99. The summed E-state index contributed by atoms with van der Waals surface area (Å²) in [7, 11) is 0. The molecule has 0 aliphatic rings. The van der Waals surface area contributed by atoms with Crippen molar-refractivity contribution in [1.82, 2.24) is 10.2 Å². The molecule has 0 atom stereocenters. The molecular weight excluding hydrogens is 252 g/mol. The van der Waals surface area contributed by atoms with Gasteiger partial charge in [-0.3, -0.25) is 9.59 Å². The topological polar surface area (TPSA) is 49.4 Å². The lowest BCUT2D eigenvalue weighted by molar-refractivity contribution is -0.130. The Hall–Kier alpha value is -1.84. The first kappa shape index (κ1) is 16.2. The molecule has 0 radical (unpaired) electrons. The zero-order chi connectivity index (χ0) is 15.1. The molecule has 0 aliphatic carbocycles. The molecule has 0 aromatic heterocycles. The predicted octanol–water partition coefficient (Wildman–Crippen LogP) is 2.26. The molecule has 1 rings (SSSR count). The molecule has 1 aromatic carbocycles. The maximum Gasteiger partial charge on any atom is 0.221 e. The van der Waals surface area contributed by atoms with Gasteiger partial charge in [0.1, 0.15) is 0 Å². The van der Waals surface area contributed by atoms with E-state index in [1.54, 1.807) is 4.90 Å². The summed E-state index contributed by atoms with van der Waals surface area (Å²) in [5.74, 6) is -0.0284. The second-order valence-corrected chi connectivity index (χ2v) is 5.40. The molecule has 2 amide bonds. The molecule has 110 valence electrons. The monoisotopic (exact) mass is 276 g/mol. The van der Waals surface area contributed by atoms with E-state index in [4.69, 9.17) is 0 Å². The fourth-order valence-electron chi connectivity index (χ4n) is 2.01. The lowest BCUT2D eigenvalue weighted by Gasteiger charge is -2.21. The van der Waals surface area contributed by atoms with Gasteiger partial charge in [-0.2, -0.15) is 0 Å². The highest BCUT2D eigenvalue weighted by atomic mass is 16.2. The van der Waals surface area contributed by atoms with Crippen LogP contribution in [0, 0.1) is 6.92 Å². The average molecular weight is 276 g/mol. The van der Waals surface area contributed by atoms with Crippen LogP contribution in [0.5, 0.6) is 0 Å². The van der Waals surface area contributed by atoms with Crippen molar-refractivity contribution in [3.05, 3.63) is 35.4 Å². The van der Waals surface area contributed by atoms with E-state index in [1.165, 1.54) is 12.5 Å². The zero-order valence-corrected chi connectivity index (χ0v) is 12.8. The summed E-state index contributed by atoms with van der Waals surface area (Å²) in [6.45, 7) is 8.41. The third-order valence-electron chi connectivity index (χ3n) is 2.96. The number of carbonyl (C=O) groups is 2. The van der Waals surface area contributed by atoms with Crippen LogP contribution in [0.25, 0.3) is 0 Å². The van der Waals surface area contributed by atoms with Crippen molar-refractivity contribution < 1.29 is 9.59 Å². The molecule has 0 aliphatic heterocycles. The van der Waals surface area contributed by atoms with E-state index in [0.29, 0.717) is 19.5 Å². The van der Waals surface area contributed by atoms with E-state index in [2.05, 4.69) is 11.4 Å². The van der Waals surface area contributed by atoms with Crippen LogP contribution in [-0.4, -0.2) is 29.3 Å². The van der Waals surface area contributed by atoms with Gasteiger partial charge in [-0.1, -0.05) is 29.8 Å². The molecule has 0 spiro atoms. The van der Waals surface area contributed by atoms with E-state index in [0.717, 1.165) is 5.56 Å². The minimum atomic E-state index is -0.0181. The first-order chi connectivity index (χ1) is 9.38. The fourth-order valence-corrected chi connectivity index (χ4v) is 2.01. The van der Waals surface area contributed by atoms with Crippen molar-refractivity contribution in [3.8, 4) is 0 Å². The Kier molecular flexibility index (Phi) is 6.22. The van der Waals surface area contributed by atoms with Crippen molar-refractivity contribution in [2.24, 2.45) is 0 Å². The van der Waals surface area contributed by atoms with Gasteiger partial charge in [0.25, 0.3) is 0 Å². The van der Waals surface area contributed by atoms with Crippen LogP contribution in [-0.2, 0) is 16.1 Å². The number of nitrogens with zero attached hydrogens (tertiary/aromatic N) is 1. The second kappa shape index (κ2) is 7.68. The minimum Gasteiger partial charge on any atom is -0.354 e. The minimum absolute atomic E-state index is 0.0103. The number of rotatable bonds is 6. The Balaban J connectivity index is 2.57. The lowest BCUT2D eigenvalue weighted by atomic mass is 10.1. The second-order valence-electron chi connectivity index (χ2n) is 5.40. The summed E-state index contributed by atoms with van der Waals surface area (Å²) in [4.78, 5) is 25.0. The Bertz CT molecular complexity index is 469. The largest absolute Gasteiger partial charge is 0.354 e. The number of benzene rings is 1. The highest BCUT2D eigenvalue weighted by Crippen LogP contribution is 2.08. The number of amides is 2. The highest BCUT2D eigenvalue weighted by Gasteiger charge is 2.12. The highest BCUT2D eigenvalue weighted by molar-refractivity contribution is 5.78. The Morgan fingerprint density at radius 2 is 2.00 bits per heavy atom. The van der Waals surface area contributed by atoms with E-state index >= 15 is 0 Å².